The molecule has 1 amide bonds. The third-order valence-corrected chi connectivity index (χ3v) is 6.74. The maximum Gasteiger partial charge on any atom is 0.253 e. The number of rotatable bonds is 4. The molecular formula is C20H25BN3O2. The number of hydrogen-bond donors (Lipinski definition) is 2. The van der Waals surface area contributed by atoms with Crippen molar-refractivity contribution in [3.63, 3.8) is 0 Å². The number of hydrogen-bond acceptors (Lipinski definition) is 4. The molecule has 2 heterocycles. The molecule has 26 heavy (non-hydrogen) atoms. The lowest BCUT2D eigenvalue weighted by Gasteiger charge is -2.60. The van der Waals surface area contributed by atoms with Crippen LogP contribution in [0.3, 0.4) is 0 Å². The highest BCUT2D eigenvalue weighted by Gasteiger charge is 2.56. The average Bonchev–Trinajstić information content (AvgIpc) is 3.25. The zero-order valence-electron chi connectivity index (χ0n) is 15.5. The van der Waals surface area contributed by atoms with E-state index >= 15 is 0 Å². The largest absolute Gasteiger partial charge is 0.390 e. The maximum atomic E-state index is 12.6. The molecule has 3 aliphatic carbocycles. The number of carbonyl (C=O) groups is 1. The number of aliphatic imine (C=N–C) groups is 1. The molecule has 2 N–H and O–H groups in total. The summed E-state index contributed by atoms with van der Waals surface area (Å²) in [5.41, 5.74) is 2.50. The zero-order valence-corrected chi connectivity index (χ0v) is 15.5. The van der Waals surface area contributed by atoms with Gasteiger partial charge in [-0.1, -0.05) is 0 Å². The first-order chi connectivity index (χ1) is 12.3. The van der Waals surface area contributed by atoms with Gasteiger partial charge < -0.3 is 10.4 Å². The number of aromatic nitrogens is 1. The molecule has 4 aliphatic rings. The molecule has 3 fully saturated rings. The fraction of sp³-hybridized carbons (Fsp3) is 0.650. The lowest BCUT2D eigenvalue weighted by atomic mass is 9.47. The van der Waals surface area contributed by atoms with Crippen molar-refractivity contribution in [1.82, 2.24) is 10.3 Å². The first-order valence-electron chi connectivity index (χ1n) is 9.78. The lowest BCUT2D eigenvalue weighted by molar-refractivity contribution is -0.127. The Morgan fingerprint density at radius 2 is 2.04 bits per heavy atom. The minimum absolute atomic E-state index is 0.0354. The van der Waals surface area contributed by atoms with Crippen molar-refractivity contribution in [2.24, 2.45) is 22.2 Å². The van der Waals surface area contributed by atoms with Gasteiger partial charge in [0.25, 0.3) is 5.91 Å². The monoisotopic (exact) mass is 350 g/mol. The van der Waals surface area contributed by atoms with Gasteiger partial charge in [-0.25, -0.2) is 9.98 Å². The van der Waals surface area contributed by atoms with Gasteiger partial charge in [-0.05, 0) is 86.8 Å². The average molecular weight is 350 g/mol. The molecule has 1 aliphatic heterocycles. The SMILES string of the molecule is CC(C)(O)C1CC2(CC(NC(=O)c3cnc4c(c3)[B]C(C3CC3)=N4)C2)C1. The van der Waals surface area contributed by atoms with E-state index < -0.39 is 5.60 Å². The number of fused-ring (bicyclic) bond motifs is 1. The topological polar surface area (TPSA) is 74.6 Å². The summed E-state index contributed by atoms with van der Waals surface area (Å²) in [6, 6.07) is 2.17. The molecule has 1 radical (unpaired) electrons. The number of amides is 1. The van der Waals surface area contributed by atoms with Gasteiger partial charge in [0.15, 0.2) is 0 Å². The van der Waals surface area contributed by atoms with Gasteiger partial charge in [0, 0.05) is 12.2 Å². The van der Waals surface area contributed by atoms with Crippen LogP contribution in [-0.2, 0) is 0 Å². The first-order valence-corrected chi connectivity index (χ1v) is 9.78. The van der Waals surface area contributed by atoms with Crippen LogP contribution in [0.5, 0.6) is 0 Å². The molecular weight excluding hydrogens is 325 g/mol. The molecule has 3 saturated carbocycles. The summed E-state index contributed by atoms with van der Waals surface area (Å²) < 4.78 is 0. The van der Waals surface area contributed by atoms with Crippen LogP contribution in [0.25, 0.3) is 0 Å². The third-order valence-electron chi connectivity index (χ3n) is 6.74. The number of aliphatic hydroxyl groups is 1. The minimum Gasteiger partial charge on any atom is -0.390 e. The molecule has 0 bridgehead atoms. The maximum absolute atomic E-state index is 12.6. The van der Waals surface area contributed by atoms with Crippen LogP contribution in [-0.4, -0.2) is 40.5 Å². The molecule has 1 spiro atoms. The molecule has 0 saturated heterocycles. The fourth-order valence-corrected chi connectivity index (χ4v) is 4.88. The van der Waals surface area contributed by atoms with Gasteiger partial charge in [-0.15, -0.1) is 0 Å². The number of nitrogens with one attached hydrogen (secondary N) is 1. The molecule has 5 nitrogen and oxygen atoms in total. The van der Waals surface area contributed by atoms with E-state index in [1.807, 2.05) is 19.9 Å². The second kappa shape index (κ2) is 5.41. The van der Waals surface area contributed by atoms with Crippen molar-refractivity contribution in [3.8, 4) is 0 Å². The van der Waals surface area contributed by atoms with Gasteiger partial charge in [-0.2, -0.15) is 0 Å². The Hall–Kier alpha value is -1.69. The van der Waals surface area contributed by atoms with E-state index in [0.717, 1.165) is 42.6 Å². The van der Waals surface area contributed by atoms with Crippen molar-refractivity contribution in [3.05, 3.63) is 17.8 Å². The summed E-state index contributed by atoms with van der Waals surface area (Å²) >= 11 is 0. The van der Waals surface area contributed by atoms with Crippen molar-refractivity contribution in [2.45, 2.75) is 64.0 Å². The quantitative estimate of drug-likeness (QED) is 0.815. The number of nitrogens with zero attached hydrogens (tertiary/aromatic N) is 2. The lowest BCUT2D eigenvalue weighted by Crippen LogP contribution is -2.59. The molecule has 0 aromatic carbocycles. The van der Waals surface area contributed by atoms with Crippen molar-refractivity contribution in [2.75, 3.05) is 0 Å². The van der Waals surface area contributed by atoms with Crippen LogP contribution in [0.1, 0.15) is 62.7 Å². The standard InChI is InChI=1S/C20H25BN3O2/c1-19(2,26)13-6-20(7-13)8-14(9-20)23-18(25)12-5-15-17(22-10-12)24-16(21-15)11-3-4-11/h5,10-11,13-14,26H,3-4,6-9H2,1-2H3,(H,23,25). The van der Waals surface area contributed by atoms with Crippen LogP contribution in [0.2, 0.25) is 0 Å². The van der Waals surface area contributed by atoms with E-state index in [1.165, 1.54) is 12.8 Å². The predicted octanol–water partition coefficient (Wildman–Crippen LogP) is 1.92. The van der Waals surface area contributed by atoms with Crippen LogP contribution >= 0.6 is 0 Å². The van der Waals surface area contributed by atoms with Crippen molar-refractivity contribution < 1.29 is 9.90 Å². The van der Waals surface area contributed by atoms with Crippen LogP contribution < -0.4 is 10.8 Å². The Morgan fingerprint density at radius 3 is 2.69 bits per heavy atom. The minimum atomic E-state index is -0.576. The van der Waals surface area contributed by atoms with Gasteiger partial charge in [0.2, 0.25) is 7.28 Å². The number of pyridine rings is 1. The molecule has 5 rings (SSSR count). The summed E-state index contributed by atoms with van der Waals surface area (Å²) in [6.07, 6.45) is 8.31. The highest BCUT2D eigenvalue weighted by Crippen LogP contribution is 2.61. The van der Waals surface area contributed by atoms with Crippen LogP contribution in [0.15, 0.2) is 17.3 Å². The Kier molecular flexibility index (Phi) is 3.43. The van der Waals surface area contributed by atoms with E-state index in [2.05, 4.69) is 22.6 Å². The van der Waals surface area contributed by atoms with Gasteiger partial charge in [0.1, 0.15) is 5.82 Å². The van der Waals surface area contributed by atoms with Crippen molar-refractivity contribution >= 4 is 30.1 Å². The van der Waals surface area contributed by atoms with E-state index in [4.69, 9.17) is 0 Å². The molecule has 135 valence electrons. The van der Waals surface area contributed by atoms with Crippen LogP contribution in [0.4, 0.5) is 5.82 Å². The predicted molar refractivity (Wildman–Crippen MR) is 101 cm³/mol. The van der Waals surface area contributed by atoms with E-state index in [1.54, 1.807) is 6.20 Å². The van der Waals surface area contributed by atoms with Gasteiger partial charge in [0.05, 0.1) is 11.2 Å². The van der Waals surface area contributed by atoms with E-state index in [0.29, 0.717) is 22.8 Å². The third kappa shape index (κ3) is 2.79. The van der Waals surface area contributed by atoms with E-state index in [-0.39, 0.29) is 11.9 Å². The summed E-state index contributed by atoms with van der Waals surface area (Å²) in [4.78, 5) is 21.5. The first kappa shape index (κ1) is 16.5. The Morgan fingerprint density at radius 1 is 1.31 bits per heavy atom. The Labute approximate surface area is 154 Å². The molecule has 0 unspecified atom stereocenters. The number of carbonyl (C=O) groups excluding carboxylic acids is 1. The molecule has 1 aromatic rings. The highest BCUT2D eigenvalue weighted by molar-refractivity contribution is 6.88. The second-order valence-corrected chi connectivity index (χ2v) is 9.43. The molecule has 6 heteroatoms. The summed E-state index contributed by atoms with van der Waals surface area (Å²) in [5, 5.41) is 13.2. The normalized spacial score (nSPS) is 32.2. The van der Waals surface area contributed by atoms with E-state index in [9.17, 15) is 9.90 Å². The van der Waals surface area contributed by atoms with Gasteiger partial charge >= 0.3 is 0 Å². The molecule has 1 aromatic heterocycles. The van der Waals surface area contributed by atoms with Crippen molar-refractivity contribution in [1.29, 1.82) is 0 Å². The fourth-order valence-electron chi connectivity index (χ4n) is 4.88. The smallest absolute Gasteiger partial charge is 0.253 e. The summed E-state index contributed by atoms with van der Waals surface area (Å²) in [7, 11) is 2.08. The summed E-state index contributed by atoms with van der Waals surface area (Å²) in [6.45, 7) is 3.80. The Balaban J connectivity index is 1.16. The Bertz CT molecular complexity index is 796. The second-order valence-electron chi connectivity index (χ2n) is 9.43. The van der Waals surface area contributed by atoms with Crippen LogP contribution in [0, 0.1) is 17.3 Å². The highest BCUT2D eigenvalue weighted by atomic mass is 16.3. The zero-order chi connectivity index (χ0) is 18.1. The van der Waals surface area contributed by atoms with Gasteiger partial charge in [-0.3, -0.25) is 4.79 Å². The molecule has 0 atom stereocenters. The summed E-state index contributed by atoms with van der Waals surface area (Å²) in [5.74, 6) is 1.71.